The summed E-state index contributed by atoms with van der Waals surface area (Å²) in [5, 5.41) is 3.60. The predicted molar refractivity (Wildman–Crippen MR) is 162 cm³/mol. The van der Waals surface area contributed by atoms with E-state index in [1.165, 1.54) is 4.57 Å². The number of hydrogen-bond acceptors (Lipinski definition) is 4. The summed E-state index contributed by atoms with van der Waals surface area (Å²) in [4.78, 5) is 43.1. The molecule has 4 aromatic rings. The standard InChI is InChI=1S/C31H30BrClN4O4/c1-19(2)27(20-7-5-4-6-8-20)34-29(38)28-26-18-35(30(39)21-9-14-24(32)25(33)17-21)15-16-36(26)31(40)37(28)22-10-12-23(41-3)13-11-22/h4-14,17,19,27H,15-16,18H2,1-3H3,(H,34,38)/t27-/m0/s1. The van der Waals surface area contributed by atoms with Crippen LogP contribution in [0.25, 0.3) is 5.69 Å². The van der Waals surface area contributed by atoms with Crippen molar-refractivity contribution in [3.63, 3.8) is 0 Å². The maximum Gasteiger partial charge on any atom is 0.333 e. The van der Waals surface area contributed by atoms with Crippen LogP contribution in [0.2, 0.25) is 5.02 Å². The van der Waals surface area contributed by atoms with Gasteiger partial charge in [0.1, 0.15) is 11.4 Å². The molecule has 0 spiro atoms. The van der Waals surface area contributed by atoms with E-state index in [1.807, 2.05) is 44.2 Å². The van der Waals surface area contributed by atoms with E-state index in [2.05, 4.69) is 21.2 Å². The quantitative estimate of drug-likeness (QED) is 0.276. The number of carbonyl (C=O) groups is 2. The third kappa shape index (κ3) is 5.69. The van der Waals surface area contributed by atoms with E-state index in [0.29, 0.717) is 38.7 Å². The minimum absolute atomic E-state index is 0.0844. The van der Waals surface area contributed by atoms with Crippen molar-refractivity contribution in [2.24, 2.45) is 5.92 Å². The van der Waals surface area contributed by atoms with E-state index in [9.17, 15) is 14.4 Å². The second kappa shape index (κ2) is 12.0. The number of amides is 2. The normalized spacial score (nSPS) is 13.6. The Kier molecular flexibility index (Phi) is 8.37. The van der Waals surface area contributed by atoms with Crippen LogP contribution in [0.3, 0.4) is 0 Å². The van der Waals surface area contributed by atoms with Crippen molar-refractivity contribution in [2.75, 3.05) is 13.7 Å². The lowest BCUT2D eigenvalue weighted by atomic mass is 9.96. The number of carbonyl (C=O) groups excluding carboxylic acids is 2. The number of imidazole rings is 1. The van der Waals surface area contributed by atoms with Crippen LogP contribution < -0.4 is 15.7 Å². The van der Waals surface area contributed by atoms with Crippen molar-refractivity contribution in [1.29, 1.82) is 0 Å². The summed E-state index contributed by atoms with van der Waals surface area (Å²) in [7, 11) is 1.57. The number of halogens is 2. The lowest BCUT2D eigenvalue weighted by Crippen LogP contribution is -2.41. The SMILES string of the molecule is COc1ccc(-n2c(C(=O)N[C@H](c3ccccc3)C(C)C)c3n(c2=O)CCN(C(=O)c2ccc(Br)c(Cl)c2)C3)cc1. The number of aromatic nitrogens is 2. The molecular formula is C31H30BrClN4O4. The highest BCUT2D eigenvalue weighted by Gasteiger charge is 2.33. The number of fused-ring (bicyclic) bond motifs is 1. The molecule has 0 radical (unpaired) electrons. The Bertz CT molecular complexity index is 1650. The lowest BCUT2D eigenvalue weighted by Gasteiger charge is -2.29. The van der Waals surface area contributed by atoms with E-state index >= 15 is 0 Å². The van der Waals surface area contributed by atoms with Crippen molar-refractivity contribution >= 4 is 39.3 Å². The molecule has 1 atom stereocenters. The molecule has 2 amide bonds. The fourth-order valence-electron chi connectivity index (χ4n) is 5.15. The molecule has 1 N–H and O–H groups in total. The van der Waals surface area contributed by atoms with Crippen LogP contribution in [0.5, 0.6) is 5.75 Å². The van der Waals surface area contributed by atoms with Gasteiger partial charge < -0.3 is 15.0 Å². The monoisotopic (exact) mass is 636 g/mol. The van der Waals surface area contributed by atoms with Gasteiger partial charge >= 0.3 is 5.69 Å². The number of hydrogen-bond donors (Lipinski definition) is 1. The molecule has 1 aliphatic heterocycles. The van der Waals surface area contributed by atoms with Crippen LogP contribution in [0.1, 0.15) is 52.0 Å². The van der Waals surface area contributed by atoms with Crippen molar-refractivity contribution < 1.29 is 14.3 Å². The number of nitrogens with one attached hydrogen (secondary N) is 1. The van der Waals surface area contributed by atoms with Crippen LogP contribution in [-0.4, -0.2) is 39.5 Å². The summed E-state index contributed by atoms with van der Waals surface area (Å²) in [6.45, 7) is 4.72. The van der Waals surface area contributed by atoms with E-state index in [4.69, 9.17) is 16.3 Å². The first-order chi connectivity index (χ1) is 19.7. The molecule has 0 fully saturated rings. The molecule has 8 nitrogen and oxygen atoms in total. The highest BCUT2D eigenvalue weighted by molar-refractivity contribution is 9.10. The lowest BCUT2D eigenvalue weighted by molar-refractivity contribution is 0.0706. The third-order valence-corrected chi connectivity index (χ3v) is 8.52. The number of rotatable bonds is 7. The summed E-state index contributed by atoms with van der Waals surface area (Å²) in [6, 6.07) is 21.5. The number of benzene rings is 3. The van der Waals surface area contributed by atoms with Crippen molar-refractivity contribution in [3.05, 3.63) is 115 Å². The molecule has 41 heavy (non-hydrogen) atoms. The van der Waals surface area contributed by atoms with Gasteiger partial charge in [-0.1, -0.05) is 55.8 Å². The molecule has 0 unspecified atom stereocenters. The highest BCUT2D eigenvalue weighted by Crippen LogP contribution is 2.27. The molecule has 0 saturated carbocycles. The average Bonchev–Trinajstić information content (AvgIpc) is 3.28. The molecule has 0 saturated heterocycles. The molecule has 3 aromatic carbocycles. The Hall–Kier alpha value is -3.82. The minimum atomic E-state index is -0.393. The van der Waals surface area contributed by atoms with E-state index in [1.54, 1.807) is 59.0 Å². The molecular weight excluding hydrogens is 608 g/mol. The zero-order valence-electron chi connectivity index (χ0n) is 22.9. The van der Waals surface area contributed by atoms with Crippen LogP contribution in [0.4, 0.5) is 0 Å². The summed E-state index contributed by atoms with van der Waals surface area (Å²) >= 11 is 9.61. The van der Waals surface area contributed by atoms with Gasteiger partial charge in [0.05, 0.1) is 36.1 Å². The second-order valence-electron chi connectivity index (χ2n) is 10.2. The molecule has 10 heteroatoms. The summed E-state index contributed by atoms with van der Waals surface area (Å²) in [5.74, 6) is 0.0908. The van der Waals surface area contributed by atoms with Gasteiger partial charge in [-0.3, -0.25) is 18.7 Å². The smallest absolute Gasteiger partial charge is 0.333 e. The van der Waals surface area contributed by atoms with E-state index in [0.717, 1.165) is 5.56 Å². The summed E-state index contributed by atoms with van der Waals surface area (Å²) in [6.07, 6.45) is 0. The number of ether oxygens (including phenoxy) is 1. The largest absolute Gasteiger partial charge is 0.497 e. The van der Waals surface area contributed by atoms with Gasteiger partial charge in [-0.15, -0.1) is 0 Å². The Morgan fingerprint density at radius 2 is 1.71 bits per heavy atom. The van der Waals surface area contributed by atoms with Gasteiger partial charge in [0.25, 0.3) is 11.8 Å². The summed E-state index contributed by atoms with van der Waals surface area (Å²) < 4.78 is 9.00. The van der Waals surface area contributed by atoms with E-state index in [-0.39, 0.29) is 42.3 Å². The molecule has 1 aromatic heterocycles. The number of nitrogens with zero attached hydrogens (tertiary/aromatic N) is 3. The first kappa shape index (κ1) is 28.7. The second-order valence-corrected chi connectivity index (χ2v) is 11.5. The van der Waals surface area contributed by atoms with Gasteiger partial charge in [-0.2, -0.15) is 0 Å². The van der Waals surface area contributed by atoms with Crippen LogP contribution >= 0.6 is 27.5 Å². The Balaban J connectivity index is 1.58. The number of methoxy groups -OCH3 is 1. The zero-order chi connectivity index (χ0) is 29.3. The molecule has 5 rings (SSSR count). The Morgan fingerprint density at radius 1 is 1.00 bits per heavy atom. The van der Waals surface area contributed by atoms with Crippen LogP contribution in [0, 0.1) is 5.92 Å². The van der Waals surface area contributed by atoms with Crippen molar-refractivity contribution in [2.45, 2.75) is 33.0 Å². The topological polar surface area (TPSA) is 85.6 Å². The zero-order valence-corrected chi connectivity index (χ0v) is 25.3. The van der Waals surface area contributed by atoms with Crippen LogP contribution in [0.15, 0.2) is 82.1 Å². The van der Waals surface area contributed by atoms with Gasteiger partial charge in [0.15, 0.2) is 0 Å². The fraction of sp³-hybridized carbons (Fsp3) is 0.258. The maximum absolute atomic E-state index is 14.1. The Labute approximate surface area is 251 Å². The molecule has 212 valence electrons. The first-order valence-corrected chi connectivity index (χ1v) is 14.5. The third-order valence-electron chi connectivity index (χ3n) is 7.29. The average molecular weight is 638 g/mol. The van der Waals surface area contributed by atoms with Gasteiger partial charge in [0.2, 0.25) is 0 Å². The van der Waals surface area contributed by atoms with Gasteiger partial charge in [0, 0.05) is 23.1 Å². The van der Waals surface area contributed by atoms with Crippen molar-refractivity contribution in [3.8, 4) is 11.4 Å². The maximum atomic E-state index is 14.1. The Morgan fingerprint density at radius 3 is 2.34 bits per heavy atom. The predicted octanol–water partition coefficient (Wildman–Crippen LogP) is 5.85. The molecule has 1 aliphatic rings. The highest BCUT2D eigenvalue weighted by atomic mass is 79.9. The fourth-order valence-corrected chi connectivity index (χ4v) is 5.58. The first-order valence-electron chi connectivity index (χ1n) is 13.3. The van der Waals surface area contributed by atoms with Gasteiger partial charge in [-0.25, -0.2) is 4.79 Å². The van der Waals surface area contributed by atoms with Crippen LogP contribution in [-0.2, 0) is 13.1 Å². The molecule has 0 bridgehead atoms. The van der Waals surface area contributed by atoms with E-state index < -0.39 is 5.91 Å². The van der Waals surface area contributed by atoms with Crippen molar-refractivity contribution in [1.82, 2.24) is 19.4 Å². The molecule has 2 heterocycles. The minimum Gasteiger partial charge on any atom is -0.497 e. The summed E-state index contributed by atoms with van der Waals surface area (Å²) in [5.41, 5.74) is 2.26. The molecule has 0 aliphatic carbocycles. The van der Waals surface area contributed by atoms with Gasteiger partial charge in [-0.05, 0) is 69.9 Å².